The number of rotatable bonds is 6. The van der Waals surface area contributed by atoms with Gasteiger partial charge in [0.1, 0.15) is 0 Å². The van der Waals surface area contributed by atoms with E-state index in [0.29, 0.717) is 6.54 Å². The van der Waals surface area contributed by atoms with Crippen molar-refractivity contribution in [3.63, 3.8) is 0 Å². The number of carbonyl (C=O) groups is 1. The summed E-state index contributed by atoms with van der Waals surface area (Å²) in [7, 11) is 0. The topological polar surface area (TPSA) is 42.0 Å². The second-order valence-corrected chi connectivity index (χ2v) is 5.76. The highest BCUT2D eigenvalue weighted by Gasteiger charge is 2.10. The fourth-order valence-electron chi connectivity index (χ4n) is 1.57. The van der Waals surface area contributed by atoms with Gasteiger partial charge in [0.15, 0.2) is 0 Å². The molecule has 0 unspecified atom stereocenters. The predicted octanol–water partition coefficient (Wildman–Crippen LogP) is 3.58. The summed E-state index contributed by atoms with van der Waals surface area (Å²) in [5, 5.41) is 4.95. The van der Waals surface area contributed by atoms with E-state index in [9.17, 15) is 4.79 Å². The Balaban J connectivity index is 2.05. The van der Waals surface area contributed by atoms with Crippen molar-refractivity contribution < 1.29 is 4.79 Å². The molecule has 0 saturated heterocycles. The number of carbonyl (C=O) groups excluding carboxylic acids is 1. The average Bonchev–Trinajstić information content (AvgIpc) is 2.96. The number of thioether (sulfide) groups is 1. The minimum Gasteiger partial charge on any atom is -0.352 e. The van der Waals surface area contributed by atoms with Crippen molar-refractivity contribution in [1.82, 2.24) is 10.3 Å². The molecule has 2 rings (SSSR count). The van der Waals surface area contributed by atoms with Crippen LogP contribution in [0.4, 0.5) is 0 Å². The molecule has 3 nitrogen and oxygen atoms in total. The van der Waals surface area contributed by atoms with Gasteiger partial charge in [-0.2, -0.15) is 0 Å². The van der Waals surface area contributed by atoms with Crippen molar-refractivity contribution in [3.05, 3.63) is 46.4 Å². The lowest BCUT2D eigenvalue weighted by atomic mass is 10.2. The normalized spacial score (nSPS) is 10.4. The molecule has 1 aromatic carbocycles. The third kappa shape index (κ3) is 4.08. The molecule has 1 aromatic heterocycles. The van der Waals surface area contributed by atoms with E-state index in [2.05, 4.69) is 10.3 Å². The van der Waals surface area contributed by atoms with Crippen LogP contribution < -0.4 is 5.32 Å². The lowest BCUT2D eigenvalue weighted by Gasteiger charge is -2.08. The number of nitrogens with one attached hydrogen (secondary N) is 1. The summed E-state index contributed by atoms with van der Waals surface area (Å²) in [6, 6.07) is 7.71. The summed E-state index contributed by atoms with van der Waals surface area (Å²) in [6.07, 6.45) is 0.944. The quantitative estimate of drug-likeness (QED) is 0.828. The molecule has 0 aliphatic carbocycles. The maximum atomic E-state index is 12.0. The molecule has 0 fully saturated rings. The molecule has 5 heteroatoms. The third-order valence-corrected chi connectivity index (χ3v) is 4.27. The molecule has 0 radical (unpaired) electrons. The molecular formula is C14H16N2OS2. The fourth-order valence-corrected chi connectivity index (χ4v) is 3.19. The fraction of sp³-hybridized carbons (Fsp3) is 0.286. The molecule has 0 saturated carbocycles. The van der Waals surface area contributed by atoms with Gasteiger partial charge in [0.2, 0.25) is 0 Å². The van der Waals surface area contributed by atoms with Crippen molar-refractivity contribution in [3.8, 4) is 0 Å². The second-order valence-electron chi connectivity index (χ2n) is 4.02. The highest BCUT2D eigenvalue weighted by atomic mass is 32.2. The van der Waals surface area contributed by atoms with E-state index >= 15 is 0 Å². The van der Waals surface area contributed by atoms with Crippen LogP contribution in [-0.2, 0) is 5.75 Å². The monoisotopic (exact) mass is 292 g/mol. The Labute approximate surface area is 121 Å². The maximum absolute atomic E-state index is 12.0. The summed E-state index contributed by atoms with van der Waals surface area (Å²) < 4.78 is 0. The molecule has 2 aromatic rings. The van der Waals surface area contributed by atoms with Gasteiger partial charge in [-0.15, -0.1) is 23.1 Å². The number of amides is 1. The van der Waals surface area contributed by atoms with Gasteiger partial charge in [-0.05, 0) is 18.6 Å². The van der Waals surface area contributed by atoms with Crippen molar-refractivity contribution in [2.24, 2.45) is 0 Å². The van der Waals surface area contributed by atoms with Crippen LogP contribution in [0.5, 0.6) is 0 Å². The zero-order valence-corrected chi connectivity index (χ0v) is 12.4. The van der Waals surface area contributed by atoms with E-state index in [1.54, 1.807) is 23.1 Å². The molecule has 1 N–H and O–H groups in total. The lowest BCUT2D eigenvalue weighted by molar-refractivity contribution is 0.0951. The maximum Gasteiger partial charge on any atom is 0.252 e. The number of hydrogen-bond donors (Lipinski definition) is 1. The molecule has 0 spiro atoms. The number of aromatic nitrogens is 1. The minimum atomic E-state index is 0.00299. The Bertz CT molecular complexity index is 526. The smallest absolute Gasteiger partial charge is 0.252 e. The Hall–Kier alpha value is -1.33. The molecule has 1 amide bonds. The van der Waals surface area contributed by atoms with Gasteiger partial charge >= 0.3 is 0 Å². The first kappa shape index (κ1) is 14.1. The molecule has 0 aliphatic heterocycles. The van der Waals surface area contributed by atoms with Gasteiger partial charge in [0, 0.05) is 22.6 Å². The van der Waals surface area contributed by atoms with E-state index in [0.717, 1.165) is 28.3 Å². The second kappa shape index (κ2) is 7.31. The van der Waals surface area contributed by atoms with Crippen LogP contribution in [0.1, 0.15) is 29.4 Å². The molecular weight excluding hydrogens is 276 g/mol. The first-order chi connectivity index (χ1) is 9.31. The largest absolute Gasteiger partial charge is 0.352 e. The van der Waals surface area contributed by atoms with Gasteiger partial charge in [-0.3, -0.25) is 4.79 Å². The summed E-state index contributed by atoms with van der Waals surface area (Å²) in [6.45, 7) is 2.76. The van der Waals surface area contributed by atoms with Crippen LogP contribution in [0.15, 0.2) is 40.1 Å². The Kier molecular flexibility index (Phi) is 5.42. The number of nitrogens with zero attached hydrogens (tertiary/aromatic N) is 1. The van der Waals surface area contributed by atoms with E-state index in [4.69, 9.17) is 0 Å². The van der Waals surface area contributed by atoms with Crippen LogP contribution in [0.25, 0.3) is 0 Å². The van der Waals surface area contributed by atoms with Gasteiger partial charge < -0.3 is 5.32 Å². The average molecular weight is 292 g/mol. The van der Waals surface area contributed by atoms with Gasteiger partial charge in [0.05, 0.1) is 16.8 Å². The van der Waals surface area contributed by atoms with Crippen LogP contribution in [0, 0.1) is 0 Å². The number of hydrogen-bond acceptors (Lipinski definition) is 4. The molecule has 100 valence electrons. The van der Waals surface area contributed by atoms with E-state index in [-0.39, 0.29) is 5.91 Å². The van der Waals surface area contributed by atoms with Crippen molar-refractivity contribution in [2.45, 2.75) is 24.0 Å². The highest BCUT2D eigenvalue weighted by molar-refractivity contribution is 7.98. The summed E-state index contributed by atoms with van der Waals surface area (Å²) in [5.41, 5.74) is 3.63. The van der Waals surface area contributed by atoms with Crippen LogP contribution in [0.2, 0.25) is 0 Å². The summed E-state index contributed by atoms with van der Waals surface area (Å²) in [4.78, 5) is 17.3. The highest BCUT2D eigenvalue weighted by Crippen LogP contribution is 2.26. The lowest BCUT2D eigenvalue weighted by Crippen LogP contribution is -2.24. The standard InChI is InChI=1S/C14H16N2OS2/c1-2-7-15-14(17)12-5-3-4-6-13(12)19-9-11-8-18-10-16-11/h3-6,8,10H,2,7,9H2,1H3,(H,15,17). The van der Waals surface area contributed by atoms with Gasteiger partial charge in [-0.25, -0.2) is 4.98 Å². The molecule has 0 aliphatic rings. The zero-order chi connectivity index (χ0) is 13.5. The third-order valence-electron chi connectivity index (χ3n) is 2.53. The molecule has 0 bridgehead atoms. The van der Waals surface area contributed by atoms with Crippen molar-refractivity contribution >= 4 is 29.0 Å². The minimum absolute atomic E-state index is 0.00299. The van der Waals surface area contributed by atoms with Gasteiger partial charge in [0.25, 0.3) is 5.91 Å². The van der Waals surface area contributed by atoms with Crippen LogP contribution >= 0.6 is 23.1 Å². The Morgan fingerprint density at radius 2 is 2.26 bits per heavy atom. The number of benzene rings is 1. The predicted molar refractivity (Wildman–Crippen MR) is 80.7 cm³/mol. The number of thiazole rings is 1. The van der Waals surface area contributed by atoms with Crippen molar-refractivity contribution in [1.29, 1.82) is 0 Å². The summed E-state index contributed by atoms with van der Waals surface area (Å²) >= 11 is 3.24. The molecule has 19 heavy (non-hydrogen) atoms. The zero-order valence-electron chi connectivity index (χ0n) is 10.8. The molecule has 1 heterocycles. The SMILES string of the molecule is CCCNC(=O)c1ccccc1SCc1cscn1. The van der Waals surface area contributed by atoms with E-state index in [1.165, 1.54) is 0 Å². The Morgan fingerprint density at radius 3 is 3.00 bits per heavy atom. The van der Waals surface area contributed by atoms with E-state index < -0.39 is 0 Å². The van der Waals surface area contributed by atoms with Crippen LogP contribution in [0.3, 0.4) is 0 Å². The van der Waals surface area contributed by atoms with Gasteiger partial charge in [-0.1, -0.05) is 19.1 Å². The van der Waals surface area contributed by atoms with E-state index in [1.807, 2.05) is 42.1 Å². The Morgan fingerprint density at radius 1 is 1.42 bits per heavy atom. The van der Waals surface area contributed by atoms with Crippen molar-refractivity contribution in [2.75, 3.05) is 6.54 Å². The summed E-state index contributed by atoms with van der Waals surface area (Å²) in [5.74, 6) is 0.796. The molecule has 0 atom stereocenters. The first-order valence-corrected chi connectivity index (χ1v) is 8.11. The first-order valence-electron chi connectivity index (χ1n) is 6.18. The van der Waals surface area contributed by atoms with Crippen LogP contribution in [-0.4, -0.2) is 17.4 Å².